The normalized spacial score (nSPS) is 10.9. The van der Waals surface area contributed by atoms with Crippen molar-refractivity contribution in [2.24, 2.45) is 0 Å². The Morgan fingerprint density at radius 3 is 2.71 bits per heavy atom. The number of carbonyl (C=O) groups is 1. The molecule has 0 saturated heterocycles. The SMILES string of the molecule is Cc1csc(NC(=O)CSc2nnc(Cc3cc(=O)[nH]c(=O)[nH]3)n2-c2ccccc2)n1. The van der Waals surface area contributed by atoms with Gasteiger partial charge in [0.15, 0.2) is 10.3 Å². The maximum Gasteiger partial charge on any atom is 0.325 e. The second kappa shape index (κ2) is 9.10. The van der Waals surface area contributed by atoms with E-state index in [2.05, 4.69) is 30.5 Å². The van der Waals surface area contributed by atoms with E-state index in [1.807, 2.05) is 42.6 Å². The van der Waals surface area contributed by atoms with Gasteiger partial charge in [-0.05, 0) is 19.1 Å². The van der Waals surface area contributed by atoms with Crippen LogP contribution in [0.1, 0.15) is 17.2 Å². The number of aromatic amines is 2. The summed E-state index contributed by atoms with van der Waals surface area (Å²) in [6.07, 6.45) is 0.187. The quantitative estimate of drug-likeness (QED) is 0.361. The molecule has 158 valence electrons. The topological polar surface area (TPSA) is 138 Å². The standard InChI is InChI=1S/C19H17N7O3S2/c1-11-9-30-18(20-11)23-16(28)10-31-19-25-24-14(26(19)13-5-3-2-4-6-13)7-12-8-15(27)22-17(29)21-12/h2-6,8-9H,7,10H2,1H3,(H,20,23,28)(H2,21,22,27,29). The van der Waals surface area contributed by atoms with Crippen molar-refractivity contribution in [1.29, 1.82) is 0 Å². The summed E-state index contributed by atoms with van der Waals surface area (Å²) in [5.41, 5.74) is 0.976. The Hall–Kier alpha value is -3.51. The molecule has 0 saturated carbocycles. The first kappa shape index (κ1) is 20.8. The van der Waals surface area contributed by atoms with Crippen LogP contribution in [0.3, 0.4) is 0 Å². The van der Waals surface area contributed by atoms with E-state index >= 15 is 0 Å². The van der Waals surface area contributed by atoms with Gasteiger partial charge in [0.2, 0.25) is 5.91 Å². The van der Waals surface area contributed by atoms with Crippen LogP contribution >= 0.6 is 23.1 Å². The van der Waals surface area contributed by atoms with E-state index in [4.69, 9.17) is 0 Å². The summed E-state index contributed by atoms with van der Waals surface area (Å²) >= 11 is 2.59. The van der Waals surface area contributed by atoms with Crippen molar-refractivity contribution >= 4 is 34.1 Å². The van der Waals surface area contributed by atoms with Crippen molar-refractivity contribution in [2.45, 2.75) is 18.5 Å². The first-order valence-corrected chi connectivity index (χ1v) is 11.0. The van der Waals surface area contributed by atoms with E-state index < -0.39 is 11.2 Å². The van der Waals surface area contributed by atoms with Gasteiger partial charge in [0.1, 0.15) is 5.82 Å². The number of para-hydroxylation sites is 1. The summed E-state index contributed by atoms with van der Waals surface area (Å²) in [5.74, 6) is 0.430. The third-order valence-electron chi connectivity index (χ3n) is 4.08. The lowest BCUT2D eigenvalue weighted by atomic mass is 10.2. The Morgan fingerprint density at radius 1 is 1.19 bits per heavy atom. The number of H-pyrrole nitrogens is 2. The highest BCUT2D eigenvalue weighted by Gasteiger charge is 2.17. The van der Waals surface area contributed by atoms with Gasteiger partial charge in [-0.2, -0.15) is 0 Å². The fourth-order valence-electron chi connectivity index (χ4n) is 2.83. The largest absolute Gasteiger partial charge is 0.325 e. The monoisotopic (exact) mass is 455 g/mol. The minimum absolute atomic E-state index is 0.117. The fourth-order valence-corrected chi connectivity index (χ4v) is 4.30. The van der Waals surface area contributed by atoms with Crippen molar-refractivity contribution in [3.8, 4) is 5.69 Å². The summed E-state index contributed by atoms with van der Waals surface area (Å²) in [6.45, 7) is 1.86. The Balaban J connectivity index is 1.58. The number of hydrogen-bond acceptors (Lipinski definition) is 8. The highest BCUT2D eigenvalue weighted by molar-refractivity contribution is 7.99. The molecule has 4 rings (SSSR count). The van der Waals surface area contributed by atoms with E-state index in [0.717, 1.165) is 11.4 Å². The van der Waals surface area contributed by atoms with Crippen molar-refractivity contribution in [2.75, 3.05) is 11.1 Å². The minimum atomic E-state index is -0.586. The number of anilines is 1. The highest BCUT2D eigenvalue weighted by Crippen LogP contribution is 2.23. The number of nitrogens with one attached hydrogen (secondary N) is 3. The number of thioether (sulfide) groups is 1. The molecule has 3 N–H and O–H groups in total. The molecule has 0 fully saturated rings. The molecule has 3 aromatic heterocycles. The van der Waals surface area contributed by atoms with Crippen molar-refractivity contribution in [1.82, 2.24) is 29.7 Å². The van der Waals surface area contributed by atoms with Crippen LogP contribution in [-0.4, -0.2) is 41.4 Å². The fraction of sp³-hybridized carbons (Fsp3) is 0.158. The molecule has 0 spiro atoms. The molecule has 0 aliphatic rings. The van der Waals surface area contributed by atoms with Gasteiger partial charge in [0, 0.05) is 29.2 Å². The molecular weight excluding hydrogens is 438 g/mol. The Labute approximate surface area is 183 Å². The van der Waals surface area contributed by atoms with Gasteiger partial charge in [0.25, 0.3) is 5.56 Å². The molecule has 0 unspecified atom stereocenters. The Morgan fingerprint density at radius 2 is 2.00 bits per heavy atom. The van der Waals surface area contributed by atoms with Crippen molar-refractivity contribution in [3.05, 3.63) is 79.8 Å². The molecule has 10 nitrogen and oxygen atoms in total. The van der Waals surface area contributed by atoms with Crippen LogP contribution in [0.25, 0.3) is 5.69 Å². The molecule has 1 aromatic carbocycles. The van der Waals surface area contributed by atoms with Crippen LogP contribution in [0.15, 0.2) is 56.5 Å². The van der Waals surface area contributed by atoms with Crippen LogP contribution in [0, 0.1) is 6.92 Å². The summed E-state index contributed by atoms with van der Waals surface area (Å²) in [7, 11) is 0. The maximum absolute atomic E-state index is 12.3. The molecule has 0 atom stereocenters. The maximum atomic E-state index is 12.3. The molecule has 0 aliphatic carbocycles. The van der Waals surface area contributed by atoms with Gasteiger partial charge < -0.3 is 10.3 Å². The van der Waals surface area contributed by atoms with Gasteiger partial charge in [-0.1, -0.05) is 30.0 Å². The number of thiazole rings is 1. The lowest BCUT2D eigenvalue weighted by Gasteiger charge is -2.10. The number of aryl methyl sites for hydroxylation is 1. The van der Waals surface area contributed by atoms with Crippen LogP contribution in [-0.2, 0) is 11.2 Å². The van der Waals surface area contributed by atoms with Crippen LogP contribution in [0.2, 0.25) is 0 Å². The summed E-state index contributed by atoms with van der Waals surface area (Å²) in [4.78, 5) is 44.5. The molecule has 0 bridgehead atoms. The lowest BCUT2D eigenvalue weighted by Crippen LogP contribution is -2.23. The number of amides is 1. The molecule has 4 aromatic rings. The van der Waals surface area contributed by atoms with E-state index in [-0.39, 0.29) is 18.1 Å². The van der Waals surface area contributed by atoms with Crippen LogP contribution < -0.4 is 16.6 Å². The average molecular weight is 456 g/mol. The zero-order chi connectivity index (χ0) is 21.8. The number of aromatic nitrogens is 6. The first-order valence-electron chi connectivity index (χ1n) is 9.15. The van der Waals surface area contributed by atoms with Crippen molar-refractivity contribution in [3.63, 3.8) is 0 Å². The summed E-state index contributed by atoms with van der Waals surface area (Å²) in [5, 5.41) is 14.1. The van der Waals surface area contributed by atoms with E-state index in [9.17, 15) is 14.4 Å². The Bertz CT molecular complexity index is 1300. The number of nitrogens with zero attached hydrogens (tertiary/aromatic N) is 4. The van der Waals surface area contributed by atoms with Gasteiger partial charge in [-0.3, -0.25) is 19.1 Å². The van der Waals surface area contributed by atoms with Gasteiger partial charge in [-0.25, -0.2) is 9.78 Å². The van der Waals surface area contributed by atoms with Gasteiger partial charge in [0.05, 0.1) is 11.4 Å². The molecule has 31 heavy (non-hydrogen) atoms. The zero-order valence-corrected chi connectivity index (χ0v) is 17.9. The number of carbonyl (C=O) groups excluding carboxylic acids is 1. The van der Waals surface area contributed by atoms with Crippen molar-refractivity contribution < 1.29 is 4.79 Å². The second-order valence-corrected chi connectivity index (χ2v) is 8.29. The second-order valence-electron chi connectivity index (χ2n) is 6.49. The molecule has 0 aliphatic heterocycles. The number of hydrogen-bond donors (Lipinski definition) is 3. The van der Waals surface area contributed by atoms with E-state index in [0.29, 0.717) is 21.8 Å². The first-order chi connectivity index (χ1) is 15.0. The van der Waals surface area contributed by atoms with E-state index in [1.54, 1.807) is 4.57 Å². The van der Waals surface area contributed by atoms with E-state index in [1.165, 1.54) is 29.2 Å². The average Bonchev–Trinajstić information content (AvgIpc) is 3.32. The number of benzene rings is 1. The zero-order valence-electron chi connectivity index (χ0n) is 16.3. The lowest BCUT2D eigenvalue weighted by molar-refractivity contribution is -0.113. The van der Waals surface area contributed by atoms with Crippen LogP contribution in [0.4, 0.5) is 5.13 Å². The molecular formula is C19H17N7O3S2. The molecule has 3 heterocycles. The third kappa shape index (κ3) is 5.16. The molecule has 0 radical (unpaired) electrons. The summed E-state index contributed by atoms with van der Waals surface area (Å²) < 4.78 is 1.80. The Kier molecular flexibility index (Phi) is 6.09. The minimum Gasteiger partial charge on any atom is -0.311 e. The molecule has 1 amide bonds. The summed E-state index contributed by atoms with van der Waals surface area (Å²) in [6, 6.07) is 10.7. The highest BCUT2D eigenvalue weighted by atomic mass is 32.2. The van der Waals surface area contributed by atoms with Gasteiger partial charge >= 0.3 is 5.69 Å². The number of rotatable bonds is 7. The third-order valence-corrected chi connectivity index (χ3v) is 5.88. The van der Waals surface area contributed by atoms with Gasteiger partial charge in [-0.15, -0.1) is 21.5 Å². The predicted molar refractivity (Wildman–Crippen MR) is 118 cm³/mol. The predicted octanol–water partition coefficient (Wildman–Crippen LogP) is 1.73. The smallest absolute Gasteiger partial charge is 0.311 e. The van der Waals surface area contributed by atoms with Crippen LogP contribution in [0.5, 0.6) is 0 Å². The molecule has 12 heteroatoms.